The lowest BCUT2D eigenvalue weighted by Crippen LogP contribution is -2.22. The molecule has 3 N–H and O–H groups in total. The number of anilines is 1. The van der Waals surface area contributed by atoms with Crippen molar-refractivity contribution in [2.75, 3.05) is 5.32 Å². The summed E-state index contributed by atoms with van der Waals surface area (Å²) < 4.78 is 5.22. The van der Waals surface area contributed by atoms with Gasteiger partial charge in [-0.3, -0.25) is 9.59 Å². The predicted octanol–water partition coefficient (Wildman–Crippen LogP) is 3.64. The third-order valence-electron chi connectivity index (χ3n) is 4.44. The zero-order chi connectivity index (χ0) is 20.2. The zero-order valence-electron chi connectivity index (χ0n) is 15.9. The van der Waals surface area contributed by atoms with Crippen LogP contribution in [0, 0.1) is 0 Å². The van der Waals surface area contributed by atoms with E-state index in [0.29, 0.717) is 24.3 Å². The summed E-state index contributed by atoms with van der Waals surface area (Å²) in [5.41, 5.74) is 3.99. The van der Waals surface area contributed by atoms with Gasteiger partial charge in [0.1, 0.15) is 11.6 Å². The number of hydrogen-bond acceptors (Lipinski definition) is 4. The Labute approximate surface area is 167 Å². The molecule has 0 saturated carbocycles. The smallest absolute Gasteiger partial charge is 0.251 e. The molecule has 4 rings (SSSR count). The van der Waals surface area contributed by atoms with Crippen molar-refractivity contribution in [2.24, 2.45) is 0 Å². The quantitative estimate of drug-likeness (QED) is 0.469. The lowest BCUT2D eigenvalue weighted by Gasteiger charge is -2.03. The van der Waals surface area contributed by atoms with Crippen LogP contribution in [0.25, 0.3) is 11.0 Å². The number of imidazole rings is 1. The largest absolute Gasteiger partial charge is 0.467 e. The Balaban J connectivity index is 1.45. The normalized spacial score (nSPS) is 10.8. The van der Waals surface area contributed by atoms with E-state index in [0.717, 1.165) is 28.1 Å². The highest BCUT2D eigenvalue weighted by Crippen LogP contribution is 2.17. The zero-order valence-corrected chi connectivity index (χ0v) is 15.9. The van der Waals surface area contributed by atoms with Gasteiger partial charge in [0.05, 0.1) is 23.8 Å². The molecule has 0 radical (unpaired) electrons. The first-order valence-corrected chi connectivity index (χ1v) is 9.22. The number of fused-ring (bicyclic) bond motifs is 1. The third-order valence-corrected chi connectivity index (χ3v) is 4.44. The summed E-state index contributed by atoms with van der Waals surface area (Å²) in [5, 5.41) is 5.58. The van der Waals surface area contributed by atoms with E-state index >= 15 is 0 Å². The molecule has 0 fully saturated rings. The number of hydrogen-bond donors (Lipinski definition) is 3. The van der Waals surface area contributed by atoms with E-state index in [9.17, 15) is 9.59 Å². The number of carbonyl (C=O) groups is 2. The fourth-order valence-corrected chi connectivity index (χ4v) is 3.07. The molecule has 0 unspecified atom stereocenters. The van der Waals surface area contributed by atoms with Crippen molar-refractivity contribution in [3.63, 3.8) is 0 Å². The van der Waals surface area contributed by atoms with Crippen molar-refractivity contribution in [3.05, 3.63) is 83.6 Å². The van der Waals surface area contributed by atoms with E-state index in [1.807, 2.05) is 36.4 Å². The lowest BCUT2D eigenvalue weighted by atomic mass is 10.1. The SMILES string of the molecule is CC(=O)Nc1ccc(Cc2nc3ccc(C(=O)NCc4ccco4)cc3[nH]2)cc1. The fourth-order valence-electron chi connectivity index (χ4n) is 3.07. The van der Waals surface area contributed by atoms with Crippen molar-refractivity contribution in [1.29, 1.82) is 0 Å². The Morgan fingerprint density at radius 3 is 2.66 bits per heavy atom. The molecule has 0 bridgehead atoms. The van der Waals surface area contributed by atoms with E-state index in [1.54, 1.807) is 24.5 Å². The number of furan rings is 1. The molecule has 4 aromatic rings. The molecule has 0 aliphatic rings. The van der Waals surface area contributed by atoms with Crippen LogP contribution in [0.3, 0.4) is 0 Å². The summed E-state index contributed by atoms with van der Waals surface area (Å²) in [4.78, 5) is 31.3. The van der Waals surface area contributed by atoms with Gasteiger partial charge in [-0.05, 0) is 48.0 Å². The highest BCUT2D eigenvalue weighted by molar-refractivity contribution is 5.97. The van der Waals surface area contributed by atoms with Gasteiger partial charge >= 0.3 is 0 Å². The van der Waals surface area contributed by atoms with Crippen molar-refractivity contribution in [1.82, 2.24) is 15.3 Å². The Hall–Kier alpha value is -3.87. The van der Waals surface area contributed by atoms with Crippen LogP contribution in [0.1, 0.15) is 34.4 Å². The number of amides is 2. The van der Waals surface area contributed by atoms with E-state index in [4.69, 9.17) is 4.42 Å². The minimum atomic E-state index is -0.173. The van der Waals surface area contributed by atoms with Crippen molar-refractivity contribution < 1.29 is 14.0 Å². The second-order valence-corrected chi connectivity index (χ2v) is 6.73. The van der Waals surface area contributed by atoms with E-state index in [1.165, 1.54) is 6.92 Å². The molecule has 0 aliphatic heterocycles. The van der Waals surface area contributed by atoms with Crippen molar-refractivity contribution in [2.45, 2.75) is 19.9 Å². The molecule has 2 amide bonds. The first kappa shape index (κ1) is 18.5. The van der Waals surface area contributed by atoms with Crippen LogP contribution in [-0.2, 0) is 17.8 Å². The average Bonchev–Trinajstić information content (AvgIpc) is 3.35. The molecule has 0 saturated heterocycles. The summed E-state index contributed by atoms with van der Waals surface area (Å²) in [6.45, 7) is 1.82. The molecule has 2 aromatic heterocycles. The van der Waals surface area contributed by atoms with Crippen LogP contribution in [0.15, 0.2) is 65.3 Å². The van der Waals surface area contributed by atoms with E-state index in [2.05, 4.69) is 20.6 Å². The van der Waals surface area contributed by atoms with Crippen molar-refractivity contribution >= 4 is 28.5 Å². The molecule has 2 aromatic carbocycles. The van der Waals surface area contributed by atoms with Gasteiger partial charge in [0, 0.05) is 24.6 Å². The van der Waals surface area contributed by atoms with Crippen LogP contribution in [0.4, 0.5) is 5.69 Å². The summed E-state index contributed by atoms with van der Waals surface area (Å²) >= 11 is 0. The molecule has 2 heterocycles. The topological polar surface area (TPSA) is 100 Å². The van der Waals surface area contributed by atoms with Crippen LogP contribution in [-0.4, -0.2) is 21.8 Å². The van der Waals surface area contributed by atoms with Gasteiger partial charge in [0.15, 0.2) is 0 Å². The number of carbonyl (C=O) groups excluding carboxylic acids is 2. The van der Waals surface area contributed by atoms with Crippen LogP contribution in [0.5, 0.6) is 0 Å². The van der Waals surface area contributed by atoms with E-state index < -0.39 is 0 Å². The first-order valence-electron chi connectivity index (χ1n) is 9.22. The Kier molecular flexibility index (Phi) is 5.11. The fraction of sp³-hybridized carbons (Fsp3) is 0.136. The summed E-state index contributed by atoms with van der Waals surface area (Å²) in [6, 6.07) is 16.6. The highest BCUT2D eigenvalue weighted by atomic mass is 16.3. The van der Waals surface area contributed by atoms with Gasteiger partial charge in [-0.25, -0.2) is 4.98 Å². The molecule has 7 heteroatoms. The average molecular weight is 388 g/mol. The van der Waals surface area contributed by atoms with Gasteiger partial charge in [-0.1, -0.05) is 12.1 Å². The Morgan fingerprint density at radius 2 is 1.93 bits per heavy atom. The monoisotopic (exact) mass is 388 g/mol. The standard InChI is InChI=1S/C22H20N4O3/c1-14(27)24-17-7-4-15(5-8-17)11-21-25-19-9-6-16(12-20(19)26-21)22(28)23-13-18-3-2-10-29-18/h2-10,12H,11,13H2,1H3,(H,23,28)(H,24,27)(H,25,26). The maximum Gasteiger partial charge on any atom is 0.251 e. The van der Waals surface area contributed by atoms with Crippen LogP contribution < -0.4 is 10.6 Å². The summed E-state index contributed by atoms with van der Waals surface area (Å²) in [7, 11) is 0. The van der Waals surface area contributed by atoms with Gasteiger partial charge in [-0.15, -0.1) is 0 Å². The summed E-state index contributed by atoms with van der Waals surface area (Å²) in [5.74, 6) is 1.24. The number of aromatic amines is 1. The second kappa shape index (κ2) is 8.02. The minimum Gasteiger partial charge on any atom is -0.467 e. The Bertz CT molecular complexity index is 1140. The predicted molar refractivity (Wildman–Crippen MR) is 110 cm³/mol. The molecule has 0 spiro atoms. The van der Waals surface area contributed by atoms with Crippen LogP contribution >= 0.6 is 0 Å². The molecule has 0 aliphatic carbocycles. The molecule has 7 nitrogen and oxygen atoms in total. The second-order valence-electron chi connectivity index (χ2n) is 6.73. The Morgan fingerprint density at radius 1 is 1.10 bits per heavy atom. The van der Waals surface area contributed by atoms with Gasteiger partial charge in [0.2, 0.25) is 5.91 Å². The molecule has 29 heavy (non-hydrogen) atoms. The molecular weight excluding hydrogens is 368 g/mol. The maximum absolute atomic E-state index is 12.4. The lowest BCUT2D eigenvalue weighted by molar-refractivity contribution is -0.114. The minimum absolute atomic E-state index is 0.0981. The molecule has 146 valence electrons. The third kappa shape index (κ3) is 4.52. The maximum atomic E-state index is 12.4. The van der Waals surface area contributed by atoms with Crippen LogP contribution in [0.2, 0.25) is 0 Å². The number of rotatable bonds is 6. The number of nitrogens with zero attached hydrogens (tertiary/aromatic N) is 1. The highest BCUT2D eigenvalue weighted by Gasteiger charge is 2.10. The van der Waals surface area contributed by atoms with E-state index in [-0.39, 0.29) is 11.8 Å². The van der Waals surface area contributed by atoms with Crippen molar-refractivity contribution in [3.8, 4) is 0 Å². The van der Waals surface area contributed by atoms with Gasteiger partial charge < -0.3 is 20.0 Å². The van der Waals surface area contributed by atoms with Gasteiger partial charge in [0.25, 0.3) is 5.91 Å². The molecule has 0 atom stereocenters. The number of aromatic nitrogens is 2. The number of benzene rings is 2. The number of H-pyrrole nitrogens is 1. The van der Waals surface area contributed by atoms with Gasteiger partial charge in [-0.2, -0.15) is 0 Å². The first-order chi connectivity index (χ1) is 14.1. The number of nitrogens with one attached hydrogen (secondary N) is 3. The summed E-state index contributed by atoms with van der Waals surface area (Å²) in [6.07, 6.45) is 2.20. The molecular formula is C22H20N4O3.